The second-order valence-corrected chi connectivity index (χ2v) is 6.41. The Labute approximate surface area is 128 Å². The van der Waals surface area contributed by atoms with Gasteiger partial charge in [-0.05, 0) is 50.1 Å². The molecule has 0 atom stereocenters. The summed E-state index contributed by atoms with van der Waals surface area (Å²) in [6, 6.07) is 6.54. The quantitative estimate of drug-likeness (QED) is 0.623. The van der Waals surface area contributed by atoms with Crippen LogP contribution in [-0.2, 0) is 0 Å². The smallest absolute Gasteiger partial charge is 0.0729 e. The highest BCUT2D eigenvalue weighted by Crippen LogP contribution is 2.28. The van der Waals surface area contributed by atoms with Crippen molar-refractivity contribution >= 4 is 17.4 Å². The number of benzene rings is 1. The van der Waals surface area contributed by atoms with Gasteiger partial charge in [0.2, 0.25) is 0 Å². The number of thioether (sulfide) groups is 1. The molecule has 0 aromatic heterocycles. The summed E-state index contributed by atoms with van der Waals surface area (Å²) in [7, 11) is 0. The lowest BCUT2D eigenvalue weighted by molar-refractivity contribution is 0.955. The van der Waals surface area contributed by atoms with Crippen molar-refractivity contribution < 1.29 is 0 Å². The third-order valence-electron chi connectivity index (χ3n) is 3.02. The highest BCUT2D eigenvalue weighted by atomic mass is 32.2. The predicted molar refractivity (Wildman–Crippen MR) is 94.2 cm³/mol. The van der Waals surface area contributed by atoms with E-state index < -0.39 is 0 Å². The van der Waals surface area contributed by atoms with E-state index in [1.807, 2.05) is 11.8 Å². The Morgan fingerprint density at radius 3 is 2.55 bits per heavy atom. The number of rotatable bonds is 7. The zero-order valence-electron chi connectivity index (χ0n) is 13.4. The van der Waals surface area contributed by atoms with E-state index in [0.717, 1.165) is 12.8 Å². The molecule has 1 aromatic carbocycles. The highest BCUT2D eigenvalue weighted by molar-refractivity contribution is 8.06. The molecule has 0 saturated heterocycles. The summed E-state index contributed by atoms with van der Waals surface area (Å²) in [6.45, 7) is 10.9. The first-order valence-electron chi connectivity index (χ1n) is 7.45. The molecule has 0 amide bonds. The Morgan fingerprint density at radius 1 is 1.20 bits per heavy atom. The molecule has 110 valence electrons. The van der Waals surface area contributed by atoms with Gasteiger partial charge >= 0.3 is 0 Å². The number of anilines is 1. The summed E-state index contributed by atoms with van der Waals surface area (Å²) in [5.74, 6) is 0. The van der Waals surface area contributed by atoms with Crippen molar-refractivity contribution in [1.82, 2.24) is 0 Å². The van der Waals surface area contributed by atoms with E-state index in [9.17, 15) is 0 Å². The fourth-order valence-electron chi connectivity index (χ4n) is 1.95. The van der Waals surface area contributed by atoms with Gasteiger partial charge in [0.15, 0.2) is 0 Å². The van der Waals surface area contributed by atoms with Crippen LogP contribution in [0.5, 0.6) is 0 Å². The van der Waals surface area contributed by atoms with Crippen molar-refractivity contribution in [2.24, 2.45) is 0 Å². The molecule has 0 spiro atoms. The van der Waals surface area contributed by atoms with Gasteiger partial charge < -0.3 is 5.32 Å². The van der Waals surface area contributed by atoms with Crippen molar-refractivity contribution in [2.45, 2.75) is 53.9 Å². The summed E-state index contributed by atoms with van der Waals surface area (Å²) in [5.41, 5.74) is 3.80. The maximum atomic E-state index is 3.57. The molecule has 1 N–H and O–H groups in total. The van der Waals surface area contributed by atoms with Crippen molar-refractivity contribution in [3.8, 4) is 0 Å². The van der Waals surface area contributed by atoms with E-state index in [0.29, 0.717) is 0 Å². The maximum Gasteiger partial charge on any atom is 0.0729 e. The molecular weight excluding hydrogens is 262 g/mol. The summed E-state index contributed by atoms with van der Waals surface area (Å²) < 4.78 is 0. The molecule has 1 aromatic rings. The van der Waals surface area contributed by atoms with Crippen LogP contribution in [0.1, 0.15) is 51.2 Å². The Bertz CT molecular complexity index is 486. The van der Waals surface area contributed by atoms with Crippen LogP contribution in [0.25, 0.3) is 0 Å². The molecule has 0 bridgehead atoms. The summed E-state index contributed by atoms with van der Waals surface area (Å²) in [4.78, 5) is 1.36. The lowest BCUT2D eigenvalue weighted by Crippen LogP contribution is -1.98. The van der Waals surface area contributed by atoms with E-state index in [4.69, 9.17) is 0 Å². The average Bonchev–Trinajstić information content (AvgIpc) is 2.40. The molecule has 0 heterocycles. The predicted octanol–water partition coefficient (Wildman–Crippen LogP) is 6.40. The molecule has 2 heteroatoms. The van der Waals surface area contributed by atoms with Crippen LogP contribution < -0.4 is 5.32 Å². The highest BCUT2D eigenvalue weighted by Gasteiger charge is 2.03. The molecule has 1 rings (SSSR count). The molecule has 0 unspecified atom stereocenters. The number of aryl methyl sites for hydroxylation is 2. The van der Waals surface area contributed by atoms with Gasteiger partial charge in [0.05, 0.1) is 5.03 Å². The Kier molecular flexibility index (Phi) is 7.53. The Balaban J connectivity index is 2.80. The third-order valence-corrected chi connectivity index (χ3v) is 4.00. The lowest BCUT2D eigenvalue weighted by atomic mass is 10.1. The van der Waals surface area contributed by atoms with E-state index in [2.05, 4.69) is 70.3 Å². The van der Waals surface area contributed by atoms with Crippen LogP contribution in [0.2, 0.25) is 0 Å². The van der Waals surface area contributed by atoms with Gasteiger partial charge in [0.25, 0.3) is 0 Å². The minimum atomic E-state index is 1.04. The SMILES string of the molecule is CC/C=C(/Nc1ccc(C)cc1C)S/C(C)=C\CCC. The lowest BCUT2D eigenvalue weighted by Gasteiger charge is -2.14. The van der Waals surface area contributed by atoms with Gasteiger partial charge in [-0.15, -0.1) is 0 Å². The molecule has 0 aliphatic heterocycles. The molecular formula is C18H27NS. The van der Waals surface area contributed by atoms with Gasteiger partial charge in [-0.1, -0.05) is 61.9 Å². The minimum Gasteiger partial charge on any atom is -0.350 e. The first kappa shape index (κ1) is 16.9. The topological polar surface area (TPSA) is 12.0 Å². The van der Waals surface area contributed by atoms with E-state index in [-0.39, 0.29) is 0 Å². The zero-order chi connectivity index (χ0) is 15.0. The molecule has 0 aliphatic rings. The fraction of sp³-hybridized carbons (Fsp3) is 0.444. The largest absolute Gasteiger partial charge is 0.350 e. The van der Waals surface area contributed by atoms with Crippen LogP contribution in [0.4, 0.5) is 5.69 Å². The molecule has 0 aliphatic carbocycles. The standard InChI is InChI=1S/C18H27NS/c1-6-8-10-16(5)20-18(9-7-2)19-17-12-11-14(3)13-15(17)4/h9-13,19H,6-8H2,1-5H3/b16-10-,18-9-. The summed E-state index contributed by atoms with van der Waals surface area (Å²) >= 11 is 1.83. The van der Waals surface area contributed by atoms with Gasteiger partial charge in [0.1, 0.15) is 0 Å². The van der Waals surface area contributed by atoms with Crippen molar-refractivity contribution in [3.05, 3.63) is 51.4 Å². The first-order chi connectivity index (χ1) is 9.56. The third kappa shape index (κ3) is 5.87. The Morgan fingerprint density at radius 2 is 1.95 bits per heavy atom. The van der Waals surface area contributed by atoms with Gasteiger partial charge in [-0.2, -0.15) is 0 Å². The monoisotopic (exact) mass is 289 g/mol. The Hall–Kier alpha value is -1.15. The first-order valence-corrected chi connectivity index (χ1v) is 8.27. The van der Waals surface area contributed by atoms with Gasteiger partial charge in [-0.25, -0.2) is 0 Å². The van der Waals surface area contributed by atoms with Gasteiger partial charge in [-0.3, -0.25) is 0 Å². The average molecular weight is 289 g/mol. The maximum absolute atomic E-state index is 3.57. The van der Waals surface area contributed by atoms with E-state index >= 15 is 0 Å². The minimum absolute atomic E-state index is 1.04. The summed E-state index contributed by atoms with van der Waals surface area (Å²) in [6.07, 6.45) is 7.98. The van der Waals surface area contributed by atoms with E-state index in [1.165, 1.54) is 33.2 Å². The van der Waals surface area contributed by atoms with Crippen LogP contribution in [0, 0.1) is 13.8 Å². The van der Waals surface area contributed by atoms with Gasteiger partial charge in [0, 0.05) is 5.69 Å². The second-order valence-electron chi connectivity index (χ2n) is 5.13. The number of hydrogen-bond acceptors (Lipinski definition) is 2. The molecule has 20 heavy (non-hydrogen) atoms. The number of hydrogen-bond donors (Lipinski definition) is 1. The van der Waals surface area contributed by atoms with Crippen LogP contribution >= 0.6 is 11.8 Å². The molecule has 0 radical (unpaired) electrons. The van der Waals surface area contributed by atoms with Crippen molar-refractivity contribution in [1.29, 1.82) is 0 Å². The zero-order valence-corrected chi connectivity index (χ0v) is 14.2. The summed E-state index contributed by atoms with van der Waals surface area (Å²) in [5, 5.41) is 4.79. The van der Waals surface area contributed by atoms with Crippen LogP contribution in [-0.4, -0.2) is 0 Å². The molecule has 0 fully saturated rings. The second kappa shape index (κ2) is 8.91. The molecule has 0 saturated carbocycles. The van der Waals surface area contributed by atoms with Crippen molar-refractivity contribution in [3.63, 3.8) is 0 Å². The number of allylic oxidation sites excluding steroid dienone is 3. The molecule has 1 nitrogen and oxygen atoms in total. The normalized spacial score (nSPS) is 12.7. The van der Waals surface area contributed by atoms with Crippen molar-refractivity contribution in [2.75, 3.05) is 5.32 Å². The van der Waals surface area contributed by atoms with E-state index in [1.54, 1.807) is 0 Å². The number of unbranched alkanes of at least 4 members (excludes halogenated alkanes) is 1. The van der Waals surface area contributed by atoms with Crippen LogP contribution in [0.15, 0.2) is 40.3 Å². The van der Waals surface area contributed by atoms with Crippen LogP contribution in [0.3, 0.4) is 0 Å². The number of nitrogens with one attached hydrogen (secondary N) is 1. The fourth-order valence-corrected chi connectivity index (χ4v) is 2.91.